The van der Waals surface area contributed by atoms with Gasteiger partial charge in [0, 0.05) is 37.1 Å². The molecule has 1 saturated heterocycles. The van der Waals surface area contributed by atoms with Gasteiger partial charge in [0.1, 0.15) is 5.75 Å². The molecule has 0 bridgehead atoms. The molecule has 4 nitrogen and oxygen atoms in total. The third kappa shape index (κ3) is 3.46. The van der Waals surface area contributed by atoms with Crippen LogP contribution >= 0.6 is 15.9 Å². The molecule has 18 heavy (non-hydrogen) atoms. The van der Waals surface area contributed by atoms with Crippen LogP contribution in [0, 0.1) is 0 Å². The Bertz CT molecular complexity index is 437. The van der Waals surface area contributed by atoms with Gasteiger partial charge in [0.05, 0.1) is 7.11 Å². The van der Waals surface area contributed by atoms with Crippen molar-refractivity contribution in [3.8, 4) is 5.75 Å². The number of nitrogens with zero attached hydrogens (tertiary/aromatic N) is 1. The van der Waals surface area contributed by atoms with Crippen LogP contribution in [0.25, 0.3) is 0 Å². The Morgan fingerprint density at radius 3 is 3.06 bits per heavy atom. The first kappa shape index (κ1) is 13.4. The van der Waals surface area contributed by atoms with E-state index in [1.807, 2.05) is 18.2 Å². The van der Waals surface area contributed by atoms with Gasteiger partial charge >= 0.3 is 0 Å². The molecule has 0 atom stereocenters. The van der Waals surface area contributed by atoms with E-state index in [2.05, 4.69) is 26.1 Å². The average Bonchev–Trinajstić information content (AvgIpc) is 2.57. The Morgan fingerprint density at radius 2 is 2.28 bits per heavy atom. The zero-order valence-corrected chi connectivity index (χ0v) is 12.0. The van der Waals surface area contributed by atoms with Crippen LogP contribution in [0.4, 0.5) is 0 Å². The summed E-state index contributed by atoms with van der Waals surface area (Å²) in [4.78, 5) is 13.6. The first-order valence-corrected chi connectivity index (χ1v) is 6.80. The predicted molar refractivity (Wildman–Crippen MR) is 73.6 cm³/mol. The highest BCUT2D eigenvalue weighted by atomic mass is 79.9. The van der Waals surface area contributed by atoms with Crippen molar-refractivity contribution in [2.24, 2.45) is 0 Å². The van der Waals surface area contributed by atoms with Crippen molar-refractivity contribution in [3.05, 3.63) is 28.2 Å². The van der Waals surface area contributed by atoms with Crippen molar-refractivity contribution in [2.45, 2.75) is 13.0 Å². The minimum absolute atomic E-state index is 0.141. The SMILES string of the molecule is COc1ccc(Br)c(CN2CCNC(=O)CC2)c1. The van der Waals surface area contributed by atoms with E-state index < -0.39 is 0 Å². The van der Waals surface area contributed by atoms with Gasteiger partial charge in [0.2, 0.25) is 5.91 Å². The molecule has 1 N–H and O–H groups in total. The van der Waals surface area contributed by atoms with Crippen LogP contribution in [-0.4, -0.2) is 37.6 Å². The third-order valence-electron chi connectivity index (χ3n) is 3.05. The van der Waals surface area contributed by atoms with Crippen LogP contribution in [0.1, 0.15) is 12.0 Å². The van der Waals surface area contributed by atoms with E-state index in [1.54, 1.807) is 7.11 Å². The Labute approximate surface area is 115 Å². The lowest BCUT2D eigenvalue weighted by Crippen LogP contribution is -2.28. The molecule has 1 fully saturated rings. The monoisotopic (exact) mass is 312 g/mol. The molecule has 0 saturated carbocycles. The molecule has 5 heteroatoms. The number of nitrogens with one attached hydrogen (secondary N) is 1. The van der Waals surface area contributed by atoms with Crippen LogP contribution in [0.15, 0.2) is 22.7 Å². The van der Waals surface area contributed by atoms with Crippen molar-refractivity contribution in [1.29, 1.82) is 0 Å². The summed E-state index contributed by atoms with van der Waals surface area (Å²) in [7, 11) is 1.67. The maximum absolute atomic E-state index is 11.3. The zero-order chi connectivity index (χ0) is 13.0. The molecule has 0 unspecified atom stereocenters. The number of methoxy groups -OCH3 is 1. The molecule has 1 aromatic rings. The van der Waals surface area contributed by atoms with Crippen LogP contribution in [0.5, 0.6) is 5.75 Å². The quantitative estimate of drug-likeness (QED) is 0.925. The number of halogens is 1. The maximum Gasteiger partial charge on any atom is 0.221 e. The molecule has 1 heterocycles. The van der Waals surface area contributed by atoms with Gasteiger partial charge in [-0.25, -0.2) is 0 Å². The molecule has 0 spiro atoms. The lowest BCUT2D eigenvalue weighted by atomic mass is 10.2. The lowest BCUT2D eigenvalue weighted by molar-refractivity contribution is -0.120. The van der Waals surface area contributed by atoms with Gasteiger partial charge in [0.25, 0.3) is 0 Å². The van der Waals surface area contributed by atoms with Gasteiger partial charge in [-0.1, -0.05) is 15.9 Å². The number of hydrogen-bond donors (Lipinski definition) is 1. The van der Waals surface area contributed by atoms with Gasteiger partial charge in [-0.15, -0.1) is 0 Å². The molecule has 0 aromatic heterocycles. The number of amides is 1. The number of rotatable bonds is 3. The molecule has 2 rings (SSSR count). The summed E-state index contributed by atoms with van der Waals surface area (Å²) in [6, 6.07) is 5.96. The Kier molecular flexibility index (Phi) is 4.60. The summed E-state index contributed by atoms with van der Waals surface area (Å²) in [6.07, 6.45) is 0.571. The second kappa shape index (κ2) is 6.20. The topological polar surface area (TPSA) is 41.6 Å². The Hall–Kier alpha value is -1.07. The zero-order valence-electron chi connectivity index (χ0n) is 10.4. The summed E-state index contributed by atoms with van der Waals surface area (Å²) < 4.78 is 6.31. The molecule has 98 valence electrons. The highest BCUT2D eigenvalue weighted by molar-refractivity contribution is 9.10. The number of ether oxygens (including phenoxy) is 1. The highest BCUT2D eigenvalue weighted by Gasteiger charge is 2.14. The van der Waals surface area contributed by atoms with Gasteiger partial charge in [-0.2, -0.15) is 0 Å². The Balaban J connectivity index is 2.05. The van der Waals surface area contributed by atoms with E-state index >= 15 is 0 Å². The van der Waals surface area contributed by atoms with Crippen LogP contribution in [0.2, 0.25) is 0 Å². The number of hydrogen-bond acceptors (Lipinski definition) is 3. The van der Waals surface area contributed by atoms with Crippen LogP contribution in [0.3, 0.4) is 0 Å². The fourth-order valence-corrected chi connectivity index (χ4v) is 2.38. The van der Waals surface area contributed by atoms with Crippen molar-refractivity contribution in [1.82, 2.24) is 10.2 Å². The lowest BCUT2D eigenvalue weighted by Gasteiger charge is -2.20. The second-order valence-corrected chi connectivity index (χ2v) is 5.19. The van der Waals surface area contributed by atoms with E-state index in [9.17, 15) is 4.79 Å². The van der Waals surface area contributed by atoms with Crippen LogP contribution in [-0.2, 0) is 11.3 Å². The molecule has 1 aliphatic rings. The molecule has 0 radical (unpaired) electrons. The summed E-state index contributed by atoms with van der Waals surface area (Å²) in [6.45, 7) is 3.23. The molecular formula is C13H17BrN2O2. The van der Waals surface area contributed by atoms with Crippen molar-refractivity contribution < 1.29 is 9.53 Å². The number of carbonyl (C=O) groups excluding carboxylic acids is 1. The summed E-state index contributed by atoms with van der Waals surface area (Å²) in [5, 5.41) is 2.88. The standard InChI is InChI=1S/C13H17BrN2O2/c1-18-11-2-3-12(14)10(8-11)9-16-6-4-13(17)15-5-7-16/h2-3,8H,4-7,9H2,1H3,(H,15,17). The van der Waals surface area contributed by atoms with Crippen molar-refractivity contribution >= 4 is 21.8 Å². The number of benzene rings is 1. The van der Waals surface area contributed by atoms with E-state index in [-0.39, 0.29) is 5.91 Å². The fourth-order valence-electron chi connectivity index (χ4n) is 2.01. The fraction of sp³-hybridized carbons (Fsp3) is 0.462. The summed E-state index contributed by atoms with van der Waals surface area (Å²) in [5.41, 5.74) is 1.18. The summed E-state index contributed by atoms with van der Waals surface area (Å²) >= 11 is 3.55. The normalized spacial score (nSPS) is 17.1. The van der Waals surface area contributed by atoms with Crippen molar-refractivity contribution in [3.63, 3.8) is 0 Å². The van der Waals surface area contributed by atoms with E-state index in [0.717, 1.165) is 36.4 Å². The minimum Gasteiger partial charge on any atom is -0.497 e. The molecule has 0 aliphatic carbocycles. The smallest absolute Gasteiger partial charge is 0.221 e. The van der Waals surface area contributed by atoms with E-state index in [0.29, 0.717) is 6.42 Å². The molecule has 1 aromatic carbocycles. The average molecular weight is 313 g/mol. The molecule has 1 aliphatic heterocycles. The maximum atomic E-state index is 11.3. The van der Waals surface area contributed by atoms with Gasteiger partial charge < -0.3 is 10.1 Å². The first-order valence-electron chi connectivity index (χ1n) is 6.00. The molecule has 1 amide bonds. The minimum atomic E-state index is 0.141. The van der Waals surface area contributed by atoms with Gasteiger partial charge in [-0.3, -0.25) is 9.69 Å². The molecular weight excluding hydrogens is 296 g/mol. The van der Waals surface area contributed by atoms with E-state index in [1.165, 1.54) is 5.56 Å². The Morgan fingerprint density at radius 1 is 1.44 bits per heavy atom. The van der Waals surface area contributed by atoms with Crippen LogP contribution < -0.4 is 10.1 Å². The largest absolute Gasteiger partial charge is 0.497 e. The summed E-state index contributed by atoms with van der Waals surface area (Å²) in [5.74, 6) is 0.999. The van der Waals surface area contributed by atoms with Gasteiger partial charge in [-0.05, 0) is 23.8 Å². The second-order valence-electron chi connectivity index (χ2n) is 4.33. The third-order valence-corrected chi connectivity index (χ3v) is 3.83. The highest BCUT2D eigenvalue weighted by Crippen LogP contribution is 2.23. The predicted octanol–water partition coefficient (Wildman–Crippen LogP) is 1.78. The van der Waals surface area contributed by atoms with Crippen molar-refractivity contribution in [2.75, 3.05) is 26.7 Å². The first-order chi connectivity index (χ1) is 8.69. The van der Waals surface area contributed by atoms with E-state index in [4.69, 9.17) is 4.74 Å². The van der Waals surface area contributed by atoms with Gasteiger partial charge in [0.15, 0.2) is 0 Å². The number of carbonyl (C=O) groups is 1.